The number of nitriles is 1. The van der Waals surface area contributed by atoms with Gasteiger partial charge in [0.25, 0.3) is 5.91 Å². The molecule has 1 amide bonds. The minimum absolute atomic E-state index is 0.245. The smallest absolute Gasteiger partial charge is 0.253 e. The van der Waals surface area contributed by atoms with Crippen molar-refractivity contribution >= 4 is 11.7 Å². The number of amides is 1. The third-order valence-electron chi connectivity index (χ3n) is 2.99. The molecule has 1 aliphatic carbocycles. The molecule has 0 aromatic carbocycles. The molecule has 1 fully saturated rings. The summed E-state index contributed by atoms with van der Waals surface area (Å²) in [5.41, 5.74) is 0.484. The first-order chi connectivity index (χ1) is 9.22. The summed E-state index contributed by atoms with van der Waals surface area (Å²) in [4.78, 5) is 16.1. The predicted molar refractivity (Wildman–Crippen MR) is 72.7 cm³/mol. The third-order valence-corrected chi connectivity index (χ3v) is 2.99. The van der Waals surface area contributed by atoms with Crippen LogP contribution in [0.2, 0.25) is 0 Å². The maximum atomic E-state index is 11.9. The van der Waals surface area contributed by atoms with Gasteiger partial charge in [-0.25, -0.2) is 4.98 Å². The van der Waals surface area contributed by atoms with E-state index in [4.69, 9.17) is 5.26 Å². The molecular formula is C14H18N4O. The van der Waals surface area contributed by atoms with Crippen molar-refractivity contribution < 1.29 is 4.79 Å². The van der Waals surface area contributed by atoms with E-state index in [0.29, 0.717) is 18.0 Å². The Kier molecular flexibility index (Phi) is 4.35. The van der Waals surface area contributed by atoms with E-state index < -0.39 is 6.04 Å². The van der Waals surface area contributed by atoms with Gasteiger partial charge in [-0.3, -0.25) is 4.79 Å². The van der Waals surface area contributed by atoms with Gasteiger partial charge in [-0.2, -0.15) is 5.26 Å². The average Bonchev–Trinajstić information content (AvgIpc) is 3.23. The van der Waals surface area contributed by atoms with Gasteiger partial charge in [-0.15, -0.1) is 0 Å². The quantitative estimate of drug-likeness (QED) is 0.819. The largest absolute Gasteiger partial charge is 0.367 e. The number of rotatable bonds is 6. The summed E-state index contributed by atoms with van der Waals surface area (Å²) < 4.78 is 0. The number of hydrogen-bond acceptors (Lipinski definition) is 4. The van der Waals surface area contributed by atoms with Crippen molar-refractivity contribution in [1.82, 2.24) is 10.3 Å². The number of hydrogen-bond donors (Lipinski definition) is 2. The lowest BCUT2D eigenvalue weighted by Crippen LogP contribution is -2.33. The molecule has 100 valence electrons. The maximum absolute atomic E-state index is 11.9. The fourth-order valence-corrected chi connectivity index (χ4v) is 1.75. The molecule has 1 saturated carbocycles. The third kappa shape index (κ3) is 3.95. The number of anilines is 1. The van der Waals surface area contributed by atoms with Crippen LogP contribution in [0.5, 0.6) is 0 Å². The summed E-state index contributed by atoms with van der Waals surface area (Å²) in [6.45, 7) is 1.98. The zero-order valence-corrected chi connectivity index (χ0v) is 11.0. The van der Waals surface area contributed by atoms with Crippen LogP contribution in [-0.4, -0.2) is 23.0 Å². The highest BCUT2D eigenvalue weighted by atomic mass is 16.1. The van der Waals surface area contributed by atoms with E-state index in [9.17, 15) is 4.79 Å². The summed E-state index contributed by atoms with van der Waals surface area (Å²) in [6, 6.07) is 5.73. The molecule has 1 aromatic heterocycles. The summed E-state index contributed by atoms with van der Waals surface area (Å²) in [5.74, 6) is 0.551. The van der Waals surface area contributed by atoms with Gasteiger partial charge in [-0.1, -0.05) is 13.3 Å². The Bertz CT molecular complexity index is 473. The van der Waals surface area contributed by atoms with Gasteiger partial charge >= 0.3 is 0 Å². The molecule has 0 bridgehead atoms. The van der Waals surface area contributed by atoms with Crippen molar-refractivity contribution in [2.24, 2.45) is 0 Å². The highest BCUT2D eigenvalue weighted by Gasteiger charge is 2.21. The monoisotopic (exact) mass is 258 g/mol. The SMILES string of the molecule is CCCC(C#N)NC(=O)c1ccc(NC2CC2)nc1. The normalized spacial score (nSPS) is 15.4. The van der Waals surface area contributed by atoms with Crippen molar-refractivity contribution in [2.75, 3.05) is 5.32 Å². The van der Waals surface area contributed by atoms with Crippen molar-refractivity contribution in [3.05, 3.63) is 23.9 Å². The Balaban J connectivity index is 1.92. The van der Waals surface area contributed by atoms with Crippen LogP contribution in [0.15, 0.2) is 18.3 Å². The van der Waals surface area contributed by atoms with Gasteiger partial charge < -0.3 is 10.6 Å². The molecule has 1 aromatic rings. The summed E-state index contributed by atoms with van der Waals surface area (Å²) in [5, 5.41) is 14.9. The van der Waals surface area contributed by atoms with E-state index in [-0.39, 0.29) is 5.91 Å². The summed E-state index contributed by atoms with van der Waals surface area (Å²) in [7, 11) is 0. The second kappa shape index (κ2) is 6.19. The van der Waals surface area contributed by atoms with Crippen LogP contribution in [0.1, 0.15) is 43.0 Å². The highest BCUT2D eigenvalue weighted by Crippen LogP contribution is 2.23. The van der Waals surface area contributed by atoms with E-state index in [0.717, 1.165) is 12.2 Å². The van der Waals surface area contributed by atoms with Crippen LogP contribution in [-0.2, 0) is 0 Å². The van der Waals surface area contributed by atoms with Crippen LogP contribution in [0, 0.1) is 11.3 Å². The lowest BCUT2D eigenvalue weighted by molar-refractivity contribution is 0.0943. The second-order valence-electron chi connectivity index (χ2n) is 4.79. The second-order valence-corrected chi connectivity index (χ2v) is 4.79. The molecule has 0 aliphatic heterocycles. The van der Waals surface area contributed by atoms with Crippen molar-refractivity contribution in [3.63, 3.8) is 0 Å². The van der Waals surface area contributed by atoms with Gasteiger partial charge in [0.15, 0.2) is 0 Å². The molecule has 5 nitrogen and oxygen atoms in total. The number of carbonyl (C=O) groups excluding carboxylic acids is 1. The van der Waals surface area contributed by atoms with Gasteiger partial charge in [-0.05, 0) is 31.4 Å². The zero-order chi connectivity index (χ0) is 13.7. The molecule has 1 heterocycles. The molecular weight excluding hydrogens is 240 g/mol. The van der Waals surface area contributed by atoms with Crippen LogP contribution >= 0.6 is 0 Å². The standard InChI is InChI=1S/C14H18N4O/c1-2-3-12(8-15)18-14(19)10-4-7-13(16-9-10)17-11-5-6-11/h4,7,9,11-12H,2-3,5-6H2,1H3,(H,16,17)(H,18,19). The van der Waals surface area contributed by atoms with E-state index in [1.807, 2.05) is 6.92 Å². The van der Waals surface area contributed by atoms with Crippen LogP contribution in [0.25, 0.3) is 0 Å². The Labute approximate surface area is 113 Å². The lowest BCUT2D eigenvalue weighted by Gasteiger charge is -2.10. The fraction of sp³-hybridized carbons (Fsp3) is 0.500. The molecule has 19 heavy (non-hydrogen) atoms. The van der Waals surface area contributed by atoms with Gasteiger partial charge in [0.1, 0.15) is 11.9 Å². The minimum Gasteiger partial charge on any atom is -0.367 e. The van der Waals surface area contributed by atoms with Crippen LogP contribution in [0.4, 0.5) is 5.82 Å². The maximum Gasteiger partial charge on any atom is 0.253 e. The van der Waals surface area contributed by atoms with Crippen LogP contribution < -0.4 is 10.6 Å². The fourth-order valence-electron chi connectivity index (χ4n) is 1.75. The topological polar surface area (TPSA) is 77.8 Å². The van der Waals surface area contributed by atoms with Gasteiger partial charge in [0.2, 0.25) is 0 Å². The average molecular weight is 258 g/mol. The van der Waals surface area contributed by atoms with E-state index in [1.165, 1.54) is 12.8 Å². The lowest BCUT2D eigenvalue weighted by atomic mass is 10.1. The molecule has 1 atom stereocenters. The van der Waals surface area contributed by atoms with Gasteiger partial charge in [0.05, 0.1) is 11.6 Å². The molecule has 0 saturated heterocycles. The molecule has 0 radical (unpaired) electrons. The van der Waals surface area contributed by atoms with Crippen molar-refractivity contribution in [3.8, 4) is 6.07 Å². The predicted octanol–water partition coefficient (Wildman–Crippen LogP) is 2.08. The van der Waals surface area contributed by atoms with Crippen LogP contribution in [0.3, 0.4) is 0 Å². The first-order valence-electron chi connectivity index (χ1n) is 6.66. The number of nitrogens with zero attached hydrogens (tertiary/aromatic N) is 2. The molecule has 2 N–H and O–H groups in total. The molecule has 1 unspecified atom stereocenters. The summed E-state index contributed by atoms with van der Waals surface area (Å²) in [6.07, 6.45) is 5.44. The molecule has 1 aliphatic rings. The van der Waals surface area contributed by atoms with Crippen molar-refractivity contribution in [1.29, 1.82) is 5.26 Å². The molecule has 2 rings (SSSR count). The highest BCUT2D eigenvalue weighted by molar-refractivity contribution is 5.94. The Hall–Kier alpha value is -2.09. The Morgan fingerprint density at radius 1 is 1.58 bits per heavy atom. The molecule has 5 heteroatoms. The Morgan fingerprint density at radius 2 is 2.37 bits per heavy atom. The Morgan fingerprint density at radius 3 is 2.89 bits per heavy atom. The van der Waals surface area contributed by atoms with E-state index in [1.54, 1.807) is 18.3 Å². The number of pyridine rings is 1. The zero-order valence-electron chi connectivity index (χ0n) is 11.0. The van der Waals surface area contributed by atoms with E-state index >= 15 is 0 Å². The number of carbonyl (C=O) groups is 1. The van der Waals surface area contributed by atoms with Crippen molar-refractivity contribution in [2.45, 2.75) is 44.7 Å². The first kappa shape index (κ1) is 13.3. The number of aromatic nitrogens is 1. The minimum atomic E-state index is -0.429. The van der Waals surface area contributed by atoms with E-state index in [2.05, 4.69) is 21.7 Å². The number of nitrogens with one attached hydrogen (secondary N) is 2. The summed E-state index contributed by atoms with van der Waals surface area (Å²) >= 11 is 0. The van der Waals surface area contributed by atoms with Gasteiger partial charge in [0, 0.05) is 12.2 Å². The molecule has 0 spiro atoms. The first-order valence-corrected chi connectivity index (χ1v) is 6.66.